The third-order valence-corrected chi connectivity index (χ3v) is 4.09. The van der Waals surface area contributed by atoms with Gasteiger partial charge in [0.15, 0.2) is 24.0 Å². The minimum atomic E-state index is -1.18. The highest BCUT2D eigenvalue weighted by Crippen LogP contribution is 2.21. The summed E-state index contributed by atoms with van der Waals surface area (Å²) in [7, 11) is 0. The molecule has 0 aromatic heterocycles. The van der Waals surface area contributed by atoms with Gasteiger partial charge in [0, 0.05) is 11.1 Å². The molecular weight excluding hydrogens is 408 g/mol. The SMILES string of the molecule is O=C(CNC(=O)c1ccc(Oc2ccccc2)cc1)OCC(=O)c1ccc(F)c(F)c1. The van der Waals surface area contributed by atoms with Gasteiger partial charge in [0.2, 0.25) is 0 Å². The monoisotopic (exact) mass is 425 g/mol. The van der Waals surface area contributed by atoms with Crippen LogP contribution in [0.3, 0.4) is 0 Å². The second-order valence-electron chi connectivity index (χ2n) is 6.33. The third-order valence-electron chi connectivity index (χ3n) is 4.09. The summed E-state index contributed by atoms with van der Waals surface area (Å²) in [5, 5.41) is 2.37. The Bertz CT molecular complexity index is 1080. The molecule has 6 nitrogen and oxygen atoms in total. The molecule has 3 aromatic carbocycles. The Kier molecular flexibility index (Phi) is 7.05. The molecule has 0 saturated heterocycles. The van der Waals surface area contributed by atoms with Gasteiger partial charge < -0.3 is 14.8 Å². The van der Waals surface area contributed by atoms with Crippen molar-refractivity contribution in [3.05, 3.63) is 95.6 Å². The number of amides is 1. The molecule has 1 N–H and O–H groups in total. The van der Waals surface area contributed by atoms with Crippen LogP contribution in [0, 0.1) is 11.6 Å². The number of benzene rings is 3. The average molecular weight is 425 g/mol. The maximum atomic E-state index is 13.2. The summed E-state index contributed by atoms with van der Waals surface area (Å²) in [6.45, 7) is -1.13. The van der Waals surface area contributed by atoms with Crippen molar-refractivity contribution in [2.75, 3.05) is 13.2 Å². The number of carbonyl (C=O) groups excluding carboxylic acids is 3. The van der Waals surface area contributed by atoms with Crippen LogP contribution in [0.5, 0.6) is 11.5 Å². The molecule has 1 amide bonds. The molecule has 8 heteroatoms. The minimum absolute atomic E-state index is 0.131. The Balaban J connectivity index is 1.44. The minimum Gasteiger partial charge on any atom is -0.457 e. The van der Waals surface area contributed by atoms with Crippen molar-refractivity contribution in [3.8, 4) is 11.5 Å². The van der Waals surface area contributed by atoms with E-state index in [4.69, 9.17) is 9.47 Å². The molecule has 0 atom stereocenters. The number of para-hydroxylation sites is 1. The molecule has 158 valence electrons. The van der Waals surface area contributed by atoms with Crippen LogP contribution in [0.2, 0.25) is 0 Å². The Morgan fingerprint density at radius 1 is 0.774 bits per heavy atom. The summed E-state index contributed by atoms with van der Waals surface area (Å²) in [5.74, 6) is -3.14. The summed E-state index contributed by atoms with van der Waals surface area (Å²) in [6, 6.07) is 18.0. The van der Waals surface area contributed by atoms with Gasteiger partial charge in [-0.3, -0.25) is 14.4 Å². The molecule has 0 unspecified atom stereocenters. The molecule has 3 rings (SSSR count). The van der Waals surface area contributed by atoms with Gasteiger partial charge in [-0.05, 0) is 54.6 Å². The van der Waals surface area contributed by atoms with Crippen LogP contribution in [0.15, 0.2) is 72.8 Å². The van der Waals surface area contributed by atoms with Gasteiger partial charge in [-0.25, -0.2) is 8.78 Å². The number of ketones is 1. The summed E-state index contributed by atoms with van der Waals surface area (Å²) < 4.78 is 36.4. The van der Waals surface area contributed by atoms with Crippen LogP contribution in [0.25, 0.3) is 0 Å². The lowest BCUT2D eigenvalue weighted by atomic mass is 10.1. The number of rotatable bonds is 8. The molecule has 0 radical (unpaired) electrons. The quantitative estimate of drug-likeness (QED) is 0.437. The van der Waals surface area contributed by atoms with Crippen molar-refractivity contribution in [1.29, 1.82) is 0 Å². The number of Topliss-reactive ketones (excluding diaryl/α,β-unsaturated/α-hetero) is 1. The third kappa shape index (κ3) is 6.20. The fourth-order valence-electron chi connectivity index (χ4n) is 2.50. The number of ether oxygens (including phenoxy) is 2. The zero-order valence-corrected chi connectivity index (χ0v) is 16.1. The Labute approximate surface area is 176 Å². The number of esters is 1. The Morgan fingerprint density at radius 2 is 1.42 bits per heavy atom. The standard InChI is InChI=1S/C23H17F2NO5/c24-19-11-8-16(12-20(19)25)21(27)14-30-22(28)13-26-23(29)15-6-9-18(10-7-15)31-17-4-2-1-3-5-17/h1-12H,13-14H2,(H,26,29). The van der Waals surface area contributed by atoms with E-state index in [1.54, 1.807) is 24.3 Å². The van der Waals surface area contributed by atoms with E-state index in [-0.39, 0.29) is 5.56 Å². The van der Waals surface area contributed by atoms with Crippen LogP contribution in [0.1, 0.15) is 20.7 Å². The van der Waals surface area contributed by atoms with Crippen LogP contribution >= 0.6 is 0 Å². The number of halogens is 2. The summed E-state index contributed by atoms with van der Waals surface area (Å²) in [6.07, 6.45) is 0. The molecule has 0 saturated carbocycles. The van der Waals surface area contributed by atoms with Crippen LogP contribution in [-0.2, 0) is 9.53 Å². The van der Waals surface area contributed by atoms with Crippen molar-refractivity contribution in [2.24, 2.45) is 0 Å². The number of hydrogen-bond acceptors (Lipinski definition) is 5. The molecule has 3 aromatic rings. The molecule has 0 aliphatic rings. The maximum Gasteiger partial charge on any atom is 0.325 e. The van der Waals surface area contributed by atoms with Crippen molar-refractivity contribution in [1.82, 2.24) is 5.32 Å². The van der Waals surface area contributed by atoms with Crippen molar-refractivity contribution in [3.63, 3.8) is 0 Å². The van der Waals surface area contributed by atoms with Gasteiger partial charge in [-0.2, -0.15) is 0 Å². The second kappa shape index (κ2) is 10.1. The zero-order chi connectivity index (χ0) is 22.2. The lowest BCUT2D eigenvalue weighted by molar-refractivity contribution is -0.141. The lowest BCUT2D eigenvalue weighted by Gasteiger charge is -2.08. The molecular formula is C23H17F2NO5. The van der Waals surface area contributed by atoms with Crippen molar-refractivity contribution in [2.45, 2.75) is 0 Å². The Morgan fingerprint density at radius 3 is 2.10 bits per heavy atom. The second-order valence-corrected chi connectivity index (χ2v) is 6.33. The van der Waals surface area contributed by atoms with Gasteiger partial charge >= 0.3 is 5.97 Å². The van der Waals surface area contributed by atoms with E-state index < -0.39 is 42.4 Å². The molecule has 0 fully saturated rings. The maximum absolute atomic E-state index is 13.2. The first-order chi connectivity index (χ1) is 14.9. The fourth-order valence-corrected chi connectivity index (χ4v) is 2.50. The van der Waals surface area contributed by atoms with E-state index in [1.165, 1.54) is 12.1 Å². The van der Waals surface area contributed by atoms with E-state index in [2.05, 4.69) is 5.32 Å². The molecule has 0 aliphatic carbocycles. The van der Waals surface area contributed by atoms with Crippen LogP contribution in [-0.4, -0.2) is 30.8 Å². The molecule has 0 aliphatic heterocycles. The highest BCUT2D eigenvalue weighted by molar-refractivity contribution is 5.98. The topological polar surface area (TPSA) is 81.7 Å². The normalized spacial score (nSPS) is 10.3. The van der Waals surface area contributed by atoms with E-state index in [0.717, 1.165) is 18.2 Å². The molecule has 31 heavy (non-hydrogen) atoms. The largest absolute Gasteiger partial charge is 0.457 e. The lowest BCUT2D eigenvalue weighted by Crippen LogP contribution is -2.31. The van der Waals surface area contributed by atoms with Crippen LogP contribution < -0.4 is 10.1 Å². The molecule has 0 heterocycles. The van der Waals surface area contributed by atoms with Gasteiger partial charge in [-0.1, -0.05) is 18.2 Å². The van der Waals surface area contributed by atoms with Gasteiger partial charge in [-0.15, -0.1) is 0 Å². The highest BCUT2D eigenvalue weighted by Gasteiger charge is 2.14. The van der Waals surface area contributed by atoms with Gasteiger partial charge in [0.1, 0.15) is 18.0 Å². The number of nitrogens with one attached hydrogen (secondary N) is 1. The predicted molar refractivity (Wildman–Crippen MR) is 107 cm³/mol. The first-order valence-corrected chi connectivity index (χ1v) is 9.17. The Hall–Kier alpha value is -4.07. The molecule has 0 bridgehead atoms. The van der Waals surface area contributed by atoms with Crippen LogP contribution in [0.4, 0.5) is 8.78 Å². The predicted octanol–water partition coefficient (Wildman–Crippen LogP) is 3.91. The van der Waals surface area contributed by atoms with Crippen molar-refractivity contribution >= 4 is 17.7 Å². The fraction of sp³-hybridized carbons (Fsp3) is 0.0870. The molecule has 0 spiro atoms. The van der Waals surface area contributed by atoms with Gasteiger partial charge in [0.05, 0.1) is 0 Å². The highest BCUT2D eigenvalue weighted by atomic mass is 19.2. The summed E-state index contributed by atoms with van der Waals surface area (Å²) in [4.78, 5) is 35.8. The summed E-state index contributed by atoms with van der Waals surface area (Å²) >= 11 is 0. The smallest absolute Gasteiger partial charge is 0.325 e. The number of hydrogen-bond donors (Lipinski definition) is 1. The van der Waals surface area contributed by atoms with Gasteiger partial charge in [0.25, 0.3) is 5.91 Å². The van der Waals surface area contributed by atoms with E-state index in [9.17, 15) is 23.2 Å². The van der Waals surface area contributed by atoms with E-state index in [0.29, 0.717) is 17.1 Å². The first-order valence-electron chi connectivity index (χ1n) is 9.17. The van der Waals surface area contributed by atoms with Crippen molar-refractivity contribution < 1.29 is 32.6 Å². The number of carbonyl (C=O) groups is 3. The first kappa shape index (κ1) is 21.6. The van der Waals surface area contributed by atoms with E-state index >= 15 is 0 Å². The zero-order valence-electron chi connectivity index (χ0n) is 16.1. The summed E-state index contributed by atoms with van der Waals surface area (Å²) in [5.41, 5.74) is 0.166. The average Bonchev–Trinajstić information content (AvgIpc) is 2.79. The van der Waals surface area contributed by atoms with E-state index in [1.807, 2.05) is 18.2 Å².